The molecule has 2 aliphatic rings. The number of esters is 1. The van der Waals surface area contributed by atoms with Gasteiger partial charge in [0.2, 0.25) is 3.79 Å². The number of nitrogens with one attached hydrogen (secondary N) is 1. The van der Waals surface area contributed by atoms with E-state index in [0.717, 1.165) is 16.6 Å². The number of hydrogen-bond acceptors (Lipinski definition) is 4. The largest absolute Gasteiger partial charge is 0.469 e. The molecule has 1 aromatic heterocycles. The molecule has 1 aliphatic heterocycles. The van der Waals surface area contributed by atoms with E-state index in [1.807, 2.05) is 18.3 Å². The van der Waals surface area contributed by atoms with Crippen LogP contribution in [0, 0.1) is 5.92 Å². The molecule has 1 fully saturated rings. The molecule has 2 heterocycles. The topological polar surface area (TPSA) is 71.6 Å². The maximum absolute atomic E-state index is 12.8. The number of methoxy groups -OCH3 is 1. The van der Waals surface area contributed by atoms with Crippen molar-refractivity contribution in [2.24, 2.45) is 5.92 Å². The van der Waals surface area contributed by atoms with Gasteiger partial charge in [-0.3, -0.25) is 4.79 Å². The quantitative estimate of drug-likeness (QED) is 0.556. The van der Waals surface area contributed by atoms with Crippen molar-refractivity contribution in [2.45, 2.75) is 28.6 Å². The summed E-state index contributed by atoms with van der Waals surface area (Å²) in [7, 11) is 1.35. The van der Waals surface area contributed by atoms with Crippen LogP contribution < -0.4 is 0 Å². The molecule has 0 radical (unpaired) electrons. The first kappa shape index (κ1) is 19.7. The van der Waals surface area contributed by atoms with Crippen molar-refractivity contribution in [3.63, 3.8) is 0 Å². The van der Waals surface area contributed by atoms with Gasteiger partial charge < -0.3 is 19.4 Å². The van der Waals surface area contributed by atoms with Gasteiger partial charge in [0, 0.05) is 35.6 Å². The summed E-state index contributed by atoms with van der Waals surface area (Å²) in [5.41, 5.74) is 3.32. The van der Waals surface area contributed by atoms with Gasteiger partial charge in [-0.15, -0.1) is 0 Å². The summed E-state index contributed by atoms with van der Waals surface area (Å²) in [5, 5.41) is 1.17. The van der Waals surface area contributed by atoms with Crippen LogP contribution in [-0.4, -0.2) is 52.0 Å². The van der Waals surface area contributed by atoms with Crippen LogP contribution in [0.4, 0.5) is 4.79 Å². The highest BCUT2D eigenvalue weighted by Crippen LogP contribution is 2.45. The second kappa shape index (κ2) is 7.32. The Labute approximate surface area is 177 Å². The molecular formula is C19H19Cl3N2O4. The molecule has 0 bridgehead atoms. The first-order valence-corrected chi connectivity index (χ1v) is 10.1. The van der Waals surface area contributed by atoms with Gasteiger partial charge in [-0.2, -0.15) is 0 Å². The monoisotopic (exact) mass is 444 g/mol. The lowest BCUT2D eigenvalue weighted by Gasteiger charge is -2.45. The van der Waals surface area contributed by atoms with Crippen LogP contribution in [0.1, 0.15) is 23.5 Å². The zero-order chi connectivity index (χ0) is 20.1. The number of halogens is 3. The standard InChI is InChI=1S/C19H19Cl3N2O4/c1-27-17(25)11-5-13-12-3-2-4-14-16(12)10(7-23-14)6-15(13)24(8-11)18(26)28-9-19(20,21)22/h2-4,7,11,13,15,23H,5-6,8-9H2,1H3/t11-,13?,15?/m1/s1. The fourth-order valence-electron chi connectivity index (χ4n) is 4.47. The normalized spacial score (nSPS) is 24.0. The Balaban J connectivity index is 1.69. The van der Waals surface area contributed by atoms with Crippen LogP contribution in [0.5, 0.6) is 0 Å². The lowest BCUT2D eigenvalue weighted by molar-refractivity contribution is -0.148. The molecule has 1 aliphatic carbocycles. The molecule has 3 atom stereocenters. The number of rotatable bonds is 2. The number of piperidine rings is 1. The van der Waals surface area contributed by atoms with Crippen molar-refractivity contribution >= 4 is 57.8 Å². The highest BCUT2D eigenvalue weighted by Gasteiger charge is 2.45. The van der Waals surface area contributed by atoms with Gasteiger partial charge in [-0.25, -0.2) is 4.79 Å². The van der Waals surface area contributed by atoms with E-state index in [-0.39, 0.29) is 31.1 Å². The minimum atomic E-state index is -1.70. The summed E-state index contributed by atoms with van der Waals surface area (Å²) in [6.07, 6.45) is 2.65. The van der Waals surface area contributed by atoms with Gasteiger partial charge in [0.15, 0.2) is 0 Å². The highest BCUT2D eigenvalue weighted by atomic mass is 35.6. The van der Waals surface area contributed by atoms with Gasteiger partial charge in [-0.1, -0.05) is 46.9 Å². The molecule has 150 valence electrons. The summed E-state index contributed by atoms with van der Waals surface area (Å²) >= 11 is 17.2. The van der Waals surface area contributed by atoms with Crippen LogP contribution >= 0.6 is 34.8 Å². The maximum Gasteiger partial charge on any atom is 0.410 e. The van der Waals surface area contributed by atoms with Gasteiger partial charge >= 0.3 is 12.1 Å². The number of aromatic nitrogens is 1. The number of fused-ring (bicyclic) bond motifs is 2. The third kappa shape index (κ3) is 3.53. The van der Waals surface area contributed by atoms with Gasteiger partial charge in [-0.05, 0) is 30.0 Å². The number of hydrogen-bond donors (Lipinski definition) is 1. The number of benzene rings is 1. The van der Waals surface area contributed by atoms with E-state index in [1.54, 1.807) is 4.90 Å². The molecule has 1 N–H and O–H groups in total. The lowest BCUT2D eigenvalue weighted by Crippen LogP contribution is -2.54. The van der Waals surface area contributed by atoms with Crippen LogP contribution in [0.15, 0.2) is 24.4 Å². The Morgan fingerprint density at radius 2 is 2.11 bits per heavy atom. The van der Waals surface area contributed by atoms with E-state index < -0.39 is 15.8 Å². The SMILES string of the molecule is COC(=O)[C@@H]1CC2c3cccc4[nH]cc(c34)CC2N(C(=O)OCC(Cl)(Cl)Cl)C1. The molecule has 2 unspecified atom stereocenters. The van der Waals surface area contributed by atoms with E-state index in [2.05, 4.69) is 11.1 Å². The smallest absolute Gasteiger partial charge is 0.410 e. The van der Waals surface area contributed by atoms with Gasteiger partial charge in [0.05, 0.1) is 13.0 Å². The molecule has 0 spiro atoms. The number of nitrogens with zero attached hydrogens (tertiary/aromatic N) is 1. The van der Waals surface area contributed by atoms with Crippen LogP contribution in [-0.2, 0) is 20.7 Å². The third-order valence-electron chi connectivity index (χ3n) is 5.60. The molecule has 28 heavy (non-hydrogen) atoms. The zero-order valence-electron chi connectivity index (χ0n) is 15.1. The molecule has 1 aromatic carbocycles. The Hall–Kier alpha value is -1.63. The molecule has 2 aromatic rings. The van der Waals surface area contributed by atoms with Crippen molar-refractivity contribution in [1.82, 2.24) is 9.88 Å². The summed E-state index contributed by atoms with van der Waals surface area (Å²) in [5.74, 6) is -0.794. The van der Waals surface area contributed by atoms with Gasteiger partial charge in [0.1, 0.15) is 6.61 Å². The van der Waals surface area contributed by atoms with Gasteiger partial charge in [0.25, 0.3) is 0 Å². The number of alkyl halides is 3. The van der Waals surface area contributed by atoms with E-state index in [1.165, 1.54) is 12.5 Å². The third-order valence-corrected chi connectivity index (χ3v) is 5.92. The predicted octanol–water partition coefficient (Wildman–Crippen LogP) is 4.18. The van der Waals surface area contributed by atoms with Crippen molar-refractivity contribution in [1.29, 1.82) is 0 Å². The molecule has 0 saturated carbocycles. The summed E-state index contributed by atoms with van der Waals surface area (Å²) < 4.78 is 8.49. The second-order valence-corrected chi connectivity index (χ2v) is 9.76. The van der Waals surface area contributed by atoms with E-state index in [4.69, 9.17) is 44.3 Å². The summed E-state index contributed by atoms with van der Waals surface area (Å²) in [6.45, 7) is -0.152. The van der Waals surface area contributed by atoms with Crippen LogP contribution in [0.2, 0.25) is 0 Å². The van der Waals surface area contributed by atoms with E-state index in [9.17, 15) is 9.59 Å². The number of carbonyl (C=O) groups excluding carboxylic acids is 2. The number of aromatic amines is 1. The number of H-pyrrole nitrogens is 1. The van der Waals surface area contributed by atoms with Crippen molar-refractivity contribution in [3.05, 3.63) is 35.5 Å². The van der Waals surface area contributed by atoms with Crippen molar-refractivity contribution in [2.75, 3.05) is 20.3 Å². The lowest BCUT2D eigenvalue weighted by atomic mass is 9.72. The summed E-state index contributed by atoms with van der Waals surface area (Å²) in [4.78, 5) is 30.0. The minimum Gasteiger partial charge on any atom is -0.469 e. The summed E-state index contributed by atoms with van der Waals surface area (Å²) in [6, 6.07) is 5.92. The number of amides is 1. The predicted molar refractivity (Wildman–Crippen MR) is 107 cm³/mol. The average Bonchev–Trinajstić information content (AvgIpc) is 3.08. The Kier molecular flexibility index (Phi) is 5.14. The molecular weight excluding hydrogens is 427 g/mol. The Morgan fingerprint density at radius 3 is 2.82 bits per heavy atom. The van der Waals surface area contributed by atoms with Crippen molar-refractivity contribution in [3.8, 4) is 0 Å². The molecule has 6 nitrogen and oxygen atoms in total. The Morgan fingerprint density at radius 1 is 1.32 bits per heavy atom. The number of carbonyl (C=O) groups is 2. The van der Waals surface area contributed by atoms with E-state index in [0.29, 0.717) is 12.8 Å². The fourth-order valence-corrected chi connectivity index (χ4v) is 4.63. The second-order valence-electron chi connectivity index (χ2n) is 7.24. The Bertz CT molecular complexity index is 924. The maximum atomic E-state index is 12.8. The van der Waals surface area contributed by atoms with Crippen LogP contribution in [0.3, 0.4) is 0 Å². The van der Waals surface area contributed by atoms with E-state index >= 15 is 0 Å². The fraction of sp³-hybridized carbons (Fsp3) is 0.474. The number of ether oxygens (including phenoxy) is 2. The highest BCUT2D eigenvalue weighted by molar-refractivity contribution is 6.67. The molecule has 1 amide bonds. The molecule has 9 heteroatoms. The molecule has 4 rings (SSSR count). The van der Waals surface area contributed by atoms with Crippen molar-refractivity contribution < 1.29 is 19.1 Å². The zero-order valence-corrected chi connectivity index (χ0v) is 17.4. The average molecular weight is 446 g/mol. The first-order chi connectivity index (χ1) is 13.3. The molecule has 1 saturated heterocycles. The number of likely N-dealkylation sites (tertiary alicyclic amines) is 1. The minimum absolute atomic E-state index is 0.00911. The van der Waals surface area contributed by atoms with Crippen LogP contribution in [0.25, 0.3) is 10.9 Å². The first-order valence-electron chi connectivity index (χ1n) is 8.95.